The normalized spacial score (nSPS) is 16.3. The summed E-state index contributed by atoms with van der Waals surface area (Å²) in [5, 5.41) is 7.36. The summed E-state index contributed by atoms with van der Waals surface area (Å²) in [4.78, 5) is 31.6. The molecule has 172 valence electrons. The van der Waals surface area contributed by atoms with Crippen LogP contribution in [0.25, 0.3) is 10.8 Å². The Labute approximate surface area is 196 Å². The SMILES string of the molecule is CNC(=O)CN1Cc2ccc(Cl)cc2C(C(=O)Nc2cncc3cc(S(C)(=O)=O)ccc23)C1. The average molecular weight is 487 g/mol. The first-order valence-electron chi connectivity index (χ1n) is 10.3. The van der Waals surface area contributed by atoms with Crippen LogP contribution in [0.5, 0.6) is 0 Å². The lowest BCUT2D eigenvalue weighted by Gasteiger charge is -2.33. The Morgan fingerprint density at radius 3 is 2.70 bits per heavy atom. The summed E-state index contributed by atoms with van der Waals surface area (Å²) in [7, 11) is -1.79. The molecule has 0 spiro atoms. The molecule has 10 heteroatoms. The molecule has 3 aromatic rings. The zero-order valence-electron chi connectivity index (χ0n) is 18.1. The number of anilines is 1. The molecule has 33 heavy (non-hydrogen) atoms. The van der Waals surface area contributed by atoms with Gasteiger partial charge in [-0.05, 0) is 35.4 Å². The van der Waals surface area contributed by atoms with Crippen LogP contribution in [0, 0.1) is 0 Å². The van der Waals surface area contributed by atoms with E-state index in [1.807, 2.05) is 11.0 Å². The first-order valence-corrected chi connectivity index (χ1v) is 12.5. The molecule has 1 aromatic heterocycles. The van der Waals surface area contributed by atoms with Crippen molar-refractivity contribution in [2.75, 3.05) is 31.7 Å². The number of nitrogens with one attached hydrogen (secondary N) is 2. The molecule has 0 radical (unpaired) electrons. The fourth-order valence-corrected chi connectivity index (χ4v) is 4.86. The van der Waals surface area contributed by atoms with Crippen LogP contribution in [-0.4, -0.2) is 56.5 Å². The number of nitrogens with zero attached hydrogens (tertiary/aromatic N) is 2. The van der Waals surface area contributed by atoms with Crippen molar-refractivity contribution in [2.45, 2.75) is 17.4 Å². The average Bonchev–Trinajstić information content (AvgIpc) is 2.78. The van der Waals surface area contributed by atoms with Gasteiger partial charge >= 0.3 is 0 Å². The summed E-state index contributed by atoms with van der Waals surface area (Å²) in [6.45, 7) is 1.06. The van der Waals surface area contributed by atoms with Gasteiger partial charge in [0.25, 0.3) is 0 Å². The molecule has 2 heterocycles. The molecule has 0 saturated heterocycles. The van der Waals surface area contributed by atoms with Gasteiger partial charge in [0.05, 0.1) is 29.2 Å². The first-order chi connectivity index (χ1) is 15.7. The van der Waals surface area contributed by atoms with E-state index >= 15 is 0 Å². The molecule has 2 amide bonds. The molecule has 0 saturated carbocycles. The molecule has 8 nitrogen and oxygen atoms in total. The van der Waals surface area contributed by atoms with Crippen molar-refractivity contribution in [1.82, 2.24) is 15.2 Å². The highest BCUT2D eigenvalue weighted by atomic mass is 35.5. The number of likely N-dealkylation sites (N-methyl/N-ethyl adjacent to an activating group) is 1. The van der Waals surface area contributed by atoms with E-state index in [2.05, 4.69) is 15.6 Å². The molecule has 4 rings (SSSR count). The van der Waals surface area contributed by atoms with Crippen LogP contribution in [0.4, 0.5) is 5.69 Å². The van der Waals surface area contributed by atoms with Crippen molar-refractivity contribution in [2.24, 2.45) is 0 Å². The molecule has 2 N–H and O–H groups in total. The largest absolute Gasteiger partial charge is 0.358 e. The lowest BCUT2D eigenvalue weighted by atomic mass is 9.89. The number of aromatic nitrogens is 1. The predicted molar refractivity (Wildman–Crippen MR) is 127 cm³/mol. The molecule has 2 aromatic carbocycles. The fourth-order valence-electron chi connectivity index (χ4n) is 4.03. The highest BCUT2D eigenvalue weighted by molar-refractivity contribution is 7.90. The molecule has 0 bridgehead atoms. The van der Waals surface area contributed by atoms with Crippen LogP contribution in [0.2, 0.25) is 5.02 Å². The van der Waals surface area contributed by atoms with Crippen molar-refractivity contribution in [3.05, 3.63) is 64.9 Å². The summed E-state index contributed by atoms with van der Waals surface area (Å²) < 4.78 is 23.8. The van der Waals surface area contributed by atoms with Gasteiger partial charge in [-0.2, -0.15) is 0 Å². The molecule has 0 aliphatic carbocycles. The molecule has 1 atom stereocenters. The van der Waals surface area contributed by atoms with E-state index in [4.69, 9.17) is 11.6 Å². The maximum Gasteiger partial charge on any atom is 0.233 e. The van der Waals surface area contributed by atoms with E-state index < -0.39 is 15.8 Å². The Kier molecular flexibility index (Phi) is 6.38. The Balaban J connectivity index is 1.66. The van der Waals surface area contributed by atoms with E-state index in [9.17, 15) is 18.0 Å². The number of benzene rings is 2. The molecule has 0 fully saturated rings. The zero-order valence-corrected chi connectivity index (χ0v) is 19.7. The van der Waals surface area contributed by atoms with Crippen LogP contribution in [0.1, 0.15) is 17.0 Å². The van der Waals surface area contributed by atoms with Crippen LogP contribution < -0.4 is 10.6 Å². The molecular formula is C23H23ClN4O4S. The fraction of sp³-hybridized carbons (Fsp3) is 0.261. The summed E-state index contributed by atoms with van der Waals surface area (Å²) in [6, 6.07) is 10.1. The Hall–Kier alpha value is -3.01. The second-order valence-corrected chi connectivity index (χ2v) is 10.5. The smallest absolute Gasteiger partial charge is 0.233 e. The first kappa shape index (κ1) is 23.2. The van der Waals surface area contributed by atoms with Gasteiger partial charge in [-0.1, -0.05) is 23.7 Å². The lowest BCUT2D eigenvalue weighted by molar-refractivity contribution is -0.123. The summed E-state index contributed by atoms with van der Waals surface area (Å²) in [5.74, 6) is -0.948. The predicted octanol–water partition coefficient (Wildman–Crippen LogP) is 2.58. The monoisotopic (exact) mass is 486 g/mol. The highest BCUT2D eigenvalue weighted by Crippen LogP contribution is 2.32. The summed E-state index contributed by atoms with van der Waals surface area (Å²) in [5.41, 5.74) is 2.23. The Morgan fingerprint density at radius 1 is 1.18 bits per heavy atom. The van der Waals surface area contributed by atoms with Crippen molar-refractivity contribution in [1.29, 1.82) is 0 Å². The van der Waals surface area contributed by atoms with Gasteiger partial charge in [-0.15, -0.1) is 0 Å². The minimum Gasteiger partial charge on any atom is -0.358 e. The number of carbonyl (C=O) groups is 2. The second kappa shape index (κ2) is 9.09. The number of carbonyl (C=O) groups excluding carboxylic acids is 2. The maximum atomic E-state index is 13.4. The van der Waals surface area contributed by atoms with Gasteiger partial charge in [0.2, 0.25) is 11.8 Å². The van der Waals surface area contributed by atoms with Gasteiger partial charge in [0.15, 0.2) is 9.84 Å². The van der Waals surface area contributed by atoms with Crippen molar-refractivity contribution in [3.63, 3.8) is 0 Å². The number of hydrogen-bond donors (Lipinski definition) is 2. The van der Waals surface area contributed by atoms with E-state index in [0.717, 1.165) is 17.4 Å². The van der Waals surface area contributed by atoms with Gasteiger partial charge in [0.1, 0.15) is 0 Å². The molecule has 1 aliphatic rings. The topological polar surface area (TPSA) is 108 Å². The van der Waals surface area contributed by atoms with E-state index in [-0.39, 0.29) is 23.3 Å². The number of pyridine rings is 1. The minimum atomic E-state index is -3.37. The standard InChI is InChI=1S/C23H23ClN4O4S/c1-25-22(29)13-28-11-14-3-4-16(24)8-19(14)20(12-28)23(30)27-21-10-26-9-15-7-17(33(2,31)32)5-6-18(15)21/h3-10,20H,11-13H2,1-2H3,(H,25,29)(H,27,30). The summed E-state index contributed by atoms with van der Waals surface area (Å²) >= 11 is 6.21. The molecule has 1 unspecified atom stereocenters. The van der Waals surface area contributed by atoms with E-state index in [1.165, 1.54) is 18.3 Å². The van der Waals surface area contributed by atoms with Crippen LogP contribution in [0.3, 0.4) is 0 Å². The molecule has 1 aliphatic heterocycles. The van der Waals surface area contributed by atoms with Crippen LogP contribution in [0.15, 0.2) is 53.7 Å². The number of halogens is 1. The quantitative estimate of drug-likeness (QED) is 0.573. The summed E-state index contributed by atoms with van der Waals surface area (Å²) in [6.07, 6.45) is 4.23. The Morgan fingerprint density at radius 2 is 1.97 bits per heavy atom. The van der Waals surface area contributed by atoms with Gasteiger partial charge in [-0.25, -0.2) is 8.42 Å². The number of hydrogen-bond acceptors (Lipinski definition) is 6. The zero-order chi connectivity index (χ0) is 23.8. The van der Waals surface area contributed by atoms with E-state index in [0.29, 0.717) is 34.6 Å². The maximum absolute atomic E-state index is 13.4. The van der Waals surface area contributed by atoms with Crippen molar-refractivity contribution in [3.8, 4) is 0 Å². The third kappa shape index (κ3) is 5.00. The third-order valence-electron chi connectivity index (χ3n) is 5.70. The lowest BCUT2D eigenvalue weighted by Crippen LogP contribution is -2.43. The number of amides is 2. The molecular weight excluding hydrogens is 464 g/mol. The van der Waals surface area contributed by atoms with Crippen LogP contribution in [-0.2, 0) is 26.0 Å². The second-order valence-electron chi connectivity index (χ2n) is 8.07. The number of rotatable bonds is 5. The minimum absolute atomic E-state index is 0.133. The van der Waals surface area contributed by atoms with Crippen molar-refractivity contribution >= 4 is 49.7 Å². The highest BCUT2D eigenvalue weighted by Gasteiger charge is 2.32. The van der Waals surface area contributed by atoms with Crippen LogP contribution >= 0.6 is 11.6 Å². The number of sulfone groups is 1. The number of fused-ring (bicyclic) bond motifs is 2. The van der Waals surface area contributed by atoms with E-state index in [1.54, 1.807) is 31.4 Å². The Bertz CT molecular complexity index is 1360. The van der Waals surface area contributed by atoms with Gasteiger partial charge in [0, 0.05) is 48.4 Å². The van der Waals surface area contributed by atoms with Gasteiger partial charge < -0.3 is 10.6 Å². The third-order valence-corrected chi connectivity index (χ3v) is 7.04. The van der Waals surface area contributed by atoms with Crippen molar-refractivity contribution < 1.29 is 18.0 Å². The van der Waals surface area contributed by atoms with Gasteiger partial charge in [-0.3, -0.25) is 19.5 Å².